The van der Waals surface area contributed by atoms with E-state index < -0.39 is 0 Å². The van der Waals surface area contributed by atoms with Crippen LogP contribution in [0, 0.1) is 5.92 Å². The van der Waals surface area contributed by atoms with E-state index in [9.17, 15) is 0 Å². The number of hydrogen-bond donors (Lipinski definition) is 1. The highest BCUT2D eigenvalue weighted by Crippen LogP contribution is 2.22. The van der Waals surface area contributed by atoms with Gasteiger partial charge < -0.3 is 10.6 Å². The topological polar surface area (TPSA) is 54.5 Å². The molecule has 0 amide bonds. The van der Waals surface area contributed by atoms with Gasteiger partial charge in [-0.1, -0.05) is 37.3 Å². The standard InChI is InChI=1S/C17H22N4S/c1-13-6-5-9-21(11-13)17(18)19-10-16-20-15(12-22-16)14-7-3-2-4-8-14/h2-4,7-8,12-13H,5-6,9-11H2,1H3,(H2,18,19). The van der Waals surface area contributed by atoms with E-state index in [1.165, 1.54) is 12.8 Å². The molecule has 1 saturated heterocycles. The highest BCUT2D eigenvalue weighted by molar-refractivity contribution is 7.09. The normalized spacial score (nSPS) is 19.4. The van der Waals surface area contributed by atoms with Crippen LogP contribution in [-0.4, -0.2) is 28.9 Å². The van der Waals surface area contributed by atoms with Crippen LogP contribution < -0.4 is 5.73 Å². The SMILES string of the molecule is CC1CCCN(C(N)=NCc2nc(-c3ccccc3)cs2)C1. The first-order valence-electron chi connectivity index (χ1n) is 7.77. The number of hydrogen-bond acceptors (Lipinski definition) is 3. The molecule has 0 spiro atoms. The number of likely N-dealkylation sites (tertiary alicyclic amines) is 1. The lowest BCUT2D eigenvalue weighted by Crippen LogP contribution is -2.43. The van der Waals surface area contributed by atoms with Crippen LogP contribution in [-0.2, 0) is 6.54 Å². The fourth-order valence-electron chi connectivity index (χ4n) is 2.77. The van der Waals surface area contributed by atoms with E-state index in [0.29, 0.717) is 18.4 Å². The second-order valence-corrected chi connectivity index (χ2v) is 6.80. The van der Waals surface area contributed by atoms with Crippen LogP contribution in [0.5, 0.6) is 0 Å². The molecule has 116 valence electrons. The van der Waals surface area contributed by atoms with Gasteiger partial charge in [0.15, 0.2) is 5.96 Å². The van der Waals surface area contributed by atoms with Crippen LogP contribution in [0.1, 0.15) is 24.8 Å². The van der Waals surface area contributed by atoms with Crippen molar-refractivity contribution in [3.8, 4) is 11.3 Å². The maximum Gasteiger partial charge on any atom is 0.191 e. The maximum atomic E-state index is 6.13. The van der Waals surface area contributed by atoms with Crippen LogP contribution in [0.4, 0.5) is 0 Å². The second-order valence-electron chi connectivity index (χ2n) is 5.86. The van der Waals surface area contributed by atoms with E-state index in [2.05, 4.69) is 39.3 Å². The van der Waals surface area contributed by atoms with E-state index in [-0.39, 0.29) is 0 Å². The van der Waals surface area contributed by atoms with Gasteiger partial charge in [0.05, 0.1) is 12.2 Å². The molecule has 2 heterocycles. The van der Waals surface area contributed by atoms with Gasteiger partial charge in [0.2, 0.25) is 0 Å². The van der Waals surface area contributed by atoms with Gasteiger partial charge in [0, 0.05) is 24.0 Å². The molecular weight excluding hydrogens is 292 g/mol. The molecule has 0 saturated carbocycles. The Balaban J connectivity index is 1.64. The summed E-state index contributed by atoms with van der Waals surface area (Å²) in [6.45, 7) is 4.87. The van der Waals surface area contributed by atoms with Gasteiger partial charge in [-0.05, 0) is 18.8 Å². The Kier molecular flexibility index (Phi) is 4.73. The van der Waals surface area contributed by atoms with Crippen LogP contribution in [0.15, 0.2) is 40.7 Å². The summed E-state index contributed by atoms with van der Waals surface area (Å²) >= 11 is 1.64. The van der Waals surface area contributed by atoms with E-state index in [0.717, 1.165) is 29.4 Å². The number of aliphatic imine (C=N–C) groups is 1. The second kappa shape index (κ2) is 6.92. The third-order valence-electron chi connectivity index (χ3n) is 3.98. The van der Waals surface area contributed by atoms with Crippen LogP contribution in [0.2, 0.25) is 0 Å². The summed E-state index contributed by atoms with van der Waals surface area (Å²) in [6.07, 6.45) is 2.49. The number of thiazole rings is 1. The molecule has 4 nitrogen and oxygen atoms in total. The van der Waals surface area contributed by atoms with Gasteiger partial charge in [-0.3, -0.25) is 0 Å². The van der Waals surface area contributed by atoms with Gasteiger partial charge >= 0.3 is 0 Å². The van der Waals surface area contributed by atoms with Crippen molar-refractivity contribution in [2.45, 2.75) is 26.3 Å². The van der Waals surface area contributed by atoms with Crippen molar-refractivity contribution in [1.29, 1.82) is 0 Å². The van der Waals surface area contributed by atoms with Gasteiger partial charge in [-0.25, -0.2) is 9.98 Å². The number of piperidine rings is 1. The molecule has 1 aromatic carbocycles. The monoisotopic (exact) mass is 314 g/mol. The Labute approximate surface area is 135 Å². The quantitative estimate of drug-likeness (QED) is 0.698. The first-order chi connectivity index (χ1) is 10.7. The van der Waals surface area contributed by atoms with Crippen molar-refractivity contribution in [3.05, 3.63) is 40.7 Å². The highest BCUT2D eigenvalue weighted by atomic mass is 32.1. The first kappa shape index (κ1) is 15.0. The number of rotatable bonds is 3. The molecule has 2 aromatic rings. The zero-order chi connectivity index (χ0) is 15.4. The summed E-state index contributed by atoms with van der Waals surface area (Å²) in [4.78, 5) is 11.4. The molecule has 1 aliphatic rings. The minimum atomic E-state index is 0.564. The summed E-state index contributed by atoms with van der Waals surface area (Å²) < 4.78 is 0. The van der Waals surface area contributed by atoms with Gasteiger partial charge in [-0.2, -0.15) is 0 Å². The fourth-order valence-corrected chi connectivity index (χ4v) is 3.50. The van der Waals surface area contributed by atoms with Gasteiger partial charge in [0.1, 0.15) is 5.01 Å². The molecule has 2 N–H and O–H groups in total. The van der Waals surface area contributed by atoms with Gasteiger partial charge in [-0.15, -0.1) is 11.3 Å². The number of nitrogens with zero attached hydrogens (tertiary/aromatic N) is 3. The van der Waals surface area contributed by atoms with Crippen molar-refractivity contribution >= 4 is 17.3 Å². The molecule has 1 fully saturated rings. The third kappa shape index (κ3) is 3.65. The predicted octanol–water partition coefficient (Wildman–Crippen LogP) is 3.36. The largest absolute Gasteiger partial charge is 0.370 e. The number of benzene rings is 1. The molecule has 0 radical (unpaired) electrons. The molecule has 1 aromatic heterocycles. The van der Waals surface area contributed by atoms with E-state index >= 15 is 0 Å². The molecule has 22 heavy (non-hydrogen) atoms. The van der Waals surface area contributed by atoms with E-state index in [1.807, 2.05) is 18.2 Å². The lowest BCUT2D eigenvalue weighted by atomic mass is 10.0. The summed E-state index contributed by atoms with van der Waals surface area (Å²) in [5.74, 6) is 1.36. The summed E-state index contributed by atoms with van der Waals surface area (Å²) in [5, 5.41) is 3.09. The first-order valence-corrected chi connectivity index (χ1v) is 8.65. The zero-order valence-corrected chi connectivity index (χ0v) is 13.7. The average Bonchev–Trinajstić information content (AvgIpc) is 3.02. The van der Waals surface area contributed by atoms with Crippen LogP contribution in [0.25, 0.3) is 11.3 Å². The minimum Gasteiger partial charge on any atom is -0.370 e. The zero-order valence-electron chi connectivity index (χ0n) is 12.9. The number of aromatic nitrogens is 1. The lowest BCUT2D eigenvalue weighted by molar-refractivity contribution is 0.270. The third-order valence-corrected chi connectivity index (χ3v) is 4.81. The Morgan fingerprint density at radius 1 is 1.41 bits per heavy atom. The van der Waals surface area contributed by atoms with Crippen LogP contribution in [0.3, 0.4) is 0 Å². The molecule has 1 atom stereocenters. The molecule has 5 heteroatoms. The summed E-state index contributed by atoms with van der Waals surface area (Å²) in [6, 6.07) is 10.2. The Morgan fingerprint density at radius 3 is 3.00 bits per heavy atom. The fraction of sp³-hybridized carbons (Fsp3) is 0.412. The summed E-state index contributed by atoms with van der Waals surface area (Å²) in [5.41, 5.74) is 8.29. The van der Waals surface area contributed by atoms with E-state index in [4.69, 9.17) is 5.73 Å². The molecule has 1 aliphatic heterocycles. The summed E-state index contributed by atoms with van der Waals surface area (Å²) in [7, 11) is 0. The molecule has 0 bridgehead atoms. The Morgan fingerprint density at radius 2 is 2.23 bits per heavy atom. The van der Waals surface area contributed by atoms with Crippen molar-refractivity contribution in [1.82, 2.24) is 9.88 Å². The minimum absolute atomic E-state index is 0.564. The molecular formula is C17H22N4S. The van der Waals surface area contributed by atoms with Crippen molar-refractivity contribution < 1.29 is 0 Å². The predicted molar refractivity (Wildman–Crippen MR) is 92.8 cm³/mol. The lowest BCUT2D eigenvalue weighted by Gasteiger charge is -2.31. The number of nitrogens with two attached hydrogens (primary N) is 1. The van der Waals surface area contributed by atoms with Crippen molar-refractivity contribution in [2.75, 3.05) is 13.1 Å². The Hall–Kier alpha value is -1.88. The molecule has 1 unspecified atom stereocenters. The maximum absolute atomic E-state index is 6.13. The number of guanidine groups is 1. The molecule has 0 aliphatic carbocycles. The molecule has 3 rings (SSSR count). The van der Waals surface area contributed by atoms with E-state index in [1.54, 1.807) is 11.3 Å². The van der Waals surface area contributed by atoms with Gasteiger partial charge in [0.25, 0.3) is 0 Å². The highest BCUT2D eigenvalue weighted by Gasteiger charge is 2.17. The van der Waals surface area contributed by atoms with Crippen molar-refractivity contribution in [2.24, 2.45) is 16.6 Å². The smallest absolute Gasteiger partial charge is 0.191 e. The average molecular weight is 314 g/mol. The Bertz CT molecular complexity index is 635. The van der Waals surface area contributed by atoms with Crippen molar-refractivity contribution in [3.63, 3.8) is 0 Å². The van der Waals surface area contributed by atoms with Crippen LogP contribution >= 0.6 is 11.3 Å².